The number of nitrogens with zero attached hydrogens (tertiary/aromatic N) is 4. The smallest absolute Gasteiger partial charge is 0.231 e. The number of aliphatic imine (C=N–C) groups is 1. The molecule has 0 bridgehead atoms. The van der Waals surface area contributed by atoms with Gasteiger partial charge >= 0.3 is 0 Å². The molecule has 4 nitrogen and oxygen atoms in total. The van der Waals surface area contributed by atoms with Gasteiger partial charge in [-0.25, -0.2) is 15.0 Å². The van der Waals surface area contributed by atoms with Crippen LogP contribution in [-0.4, -0.2) is 22.3 Å². The Bertz CT molecular complexity index is 578. The maximum atomic E-state index is 4.71. The zero-order valence-electron chi connectivity index (χ0n) is 10.8. The fraction of sp³-hybridized carbons (Fsp3) is 0.462. The molecule has 3 rings (SSSR count). The highest BCUT2D eigenvalue weighted by molar-refractivity contribution is 9.11. The van der Waals surface area contributed by atoms with Gasteiger partial charge in [-0.2, -0.15) is 0 Å². The molecule has 1 aliphatic carbocycles. The summed E-state index contributed by atoms with van der Waals surface area (Å²) in [6.45, 7) is 4.20. The first-order chi connectivity index (χ1) is 9.08. The lowest BCUT2D eigenvalue weighted by atomic mass is 10.1. The summed E-state index contributed by atoms with van der Waals surface area (Å²) in [4.78, 5) is 15.5. The standard InChI is InChI=1S/C13H14Br2N4/c1-7-8(2)19(6-17-12(7)15)13-16-5-10(14)11(18-13)9-3-4-9/h5-6,8-9H,3-4H2,1-2H3. The van der Waals surface area contributed by atoms with Crippen molar-refractivity contribution in [2.24, 2.45) is 4.99 Å². The molecule has 0 amide bonds. The highest BCUT2D eigenvalue weighted by atomic mass is 79.9. The van der Waals surface area contributed by atoms with Crippen molar-refractivity contribution in [1.82, 2.24) is 9.97 Å². The van der Waals surface area contributed by atoms with Crippen LogP contribution in [-0.2, 0) is 0 Å². The number of hydrogen-bond acceptors (Lipinski definition) is 4. The predicted molar refractivity (Wildman–Crippen MR) is 83.8 cm³/mol. The molecule has 1 fully saturated rings. The van der Waals surface area contributed by atoms with E-state index >= 15 is 0 Å². The molecule has 1 saturated carbocycles. The van der Waals surface area contributed by atoms with Crippen molar-refractivity contribution in [2.45, 2.75) is 38.6 Å². The highest BCUT2D eigenvalue weighted by Gasteiger charge is 2.29. The zero-order valence-corrected chi connectivity index (χ0v) is 13.9. The minimum atomic E-state index is 0.208. The Labute approximate surface area is 129 Å². The maximum absolute atomic E-state index is 4.71. The van der Waals surface area contributed by atoms with Crippen LogP contribution in [0.5, 0.6) is 0 Å². The molecular formula is C13H14Br2N4. The van der Waals surface area contributed by atoms with Crippen LogP contribution in [0.4, 0.5) is 5.95 Å². The third-order valence-corrected chi connectivity index (χ3v) is 5.06. The molecular weight excluding hydrogens is 372 g/mol. The molecule has 19 heavy (non-hydrogen) atoms. The SMILES string of the molecule is CC1=C(Br)N=CN(c2ncc(Br)c(C3CC3)n2)C1C. The van der Waals surface area contributed by atoms with Gasteiger partial charge in [0, 0.05) is 12.1 Å². The van der Waals surface area contributed by atoms with E-state index in [0.29, 0.717) is 5.92 Å². The Morgan fingerprint density at radius 1 is 1.32 bits per heavy atom. The Morgan fingerprint density at radius 2 is 2.05 bits per heavy atom. The molecule has 1 atom stereocenters. The molecule has 2 heterocycles. The van der Waals surface area contributed by atoms with Crippen LogP contribution in [0.3, 0.4) is 0 Å². The third kappa shape index (κ3) is 2.48. The number of hydrogen-bond donors (Lipinski definition) is 0. The van der Waals surface area contributed by atoms with Gasteiger partial charge < -0.3 is 0 Å². The van der Waals surface area contributed by atoms with E-state index in [1.165, 1.54) is 18.4 Å². The average molecular weight is 386 g/mol. The molecule has 1 aliphatic heterocycles. The molecule has 1 unspecified atom stereocenters. The molecule has 0 spiro atoms. The van der Waals surface area contributed by atoms with Crippen molar-refractivity contribution >= 4 is 44.1 Å². The minimum absolute atomic E-state index is 0.208. The summed E-state index contributed by atoms with van der Waals surface area (Å²) in [6, 6.07) is 0.208. The summed E-state index contributed by atoms with van der Waals surface area (Å²) in [7, 11) is 0. The van der Waals surface area contributed by atoms with Gasteiger partial charge in [0.1, 0.15) is 4.61 Å². The van der Waals surface area contributed by atoms with E-state index < -0.39 is 0 Å². The van der Waals surface area contributed by atoms with Crippen molar-refractivity contribution in [3.05, 3.63) is 26.5 Å². The normalized spacial score (nSPS) is 23.2. The number of aromatic nitrogens is 2. The van der Waals surface area contributed by atoms with Gasteiger partial charge in [0.15, 0.2) is 0 Å². The van der Waals surface area contributed by atoms with Crippen molar-refractivity contribution in [3.8, 4) is 0 Å². The second-order valence-electron chi connectivity index (χ2n) is 4.98. The third-order valence-electron chi connectivity index (χ3n) is 3.62. The second-order valence-corrected chi connectivity index (χ2v) is 6.58. The Kier molecular flexibility index (Phi) is 3.47. The lowest BCUT2D eigenvalue weighted by Gasteiger charge is -2.29. The monoisotopic (exact) mass is 384 g/mol. The van der Waals surface area contributed by atoms with Gasteiger partial charge in [0.25, 0.3) is 0 Å². The van der Waals surface area contributed by atoms with Crippen molar-refractivity contribution in [2.75, 3.05) is 4.90 Å². The predicted octanol–water partition coefficient (Wildman–Crippen LogP) is 3.98. The summed E-state index contributed by atoms with van der Waals surface area (Å²) in [6.07, 6.45) is 6.09. The van der Waals surface area contributed by atoms with Gasteiger partial charge in [0.05, 0.1) is 22.5 Å². The molecule has 1 aromatic rings. The van der Waals surface area contributed by atoms with Crippen LogP contribution >= 0.6 is 31.9 Å². The highest BCUT2D eigenvalue weighted by Crippen LogP contribution is 2.42. The molecule has 0 saturated heterocycles. The van der Waals surface area contributed by atoms with E-state index in [0.717, 1.165) is 20.7 Å². The molecule has 0 radical (unpaired) electrons. The first-order valence-corrected chi connectivity index (χ1v) is 7.87. The zero-order chi connectivity index (χ0) is 13.6. The van der Waals surface area contributed by atoms with E-state index in [9.17, 15) is 0 Å². The molecule has 6 heteroatoms. The first-order valence-electron chi connectivity index (χ1n) is 6.29. The van der Waals surface area contributed by atoms with Crippen LogP contribution in [0.1, 0.15) is 38.3 Å². The molecule has 2 aliphatic rings. The minimum Gasteiger partial charge on any atom is -0.294 e. The van der Waals surface area contributed by atoms with Crippen LogP contribution < -0.4 is 4.90 Å². The molecule has 100 valence electrons. The average Bonchev–Trinajstić information content (AvgIpc) is 3.22. The number of anilines is 1. The van der Waals surface area contributed by atoms with Gasteiger partial charge in [-0.15, -0.1) is 0 Å². The van der Waals surface area contributed by atoms with Crippen molar-refractivity contribution < 1.29 is 0 Å². The number of rotatable bonds is 2. The molecule has 0 aromatic carbocycles. The van der Waals surface area contributed by atoms with Crippen molar-refractivity contribution in [3.63, 3.8) is 0 Å². The summed E-state index contributed by atoms with van der Waals surface area (Å²) in [5.41, 5.74) is 2.30. The Morgan fingerprint density at radius 3 is 2.74 bits per heavy atom. The van der Waals surface area contributed by atoms with Crippen LogP contribution in [0.25, 0.3) is 0 Å². The van der Waals surface area contributed by atoms with Crippen LogP contribution in [0.15, 0.2) is 25.8 Å². The Hall–Kier alpha value is -0.750. The first kappa shape index (κ1) is 13.2. The van der Waals surface area contributed by atoms with E-state index in [4.69, 9.17) is 4.98 Å². The lowest BCUT2D eigenvalue weighted by Crippen LogP contribution is -2.36. The van der Waals surface area contributed by atoms with Crippen molar-refractivity contribution in [1.29, 1.82) is 0 Å². The van der Waals surface area contributed by atoms with E-state index in [2.05, 4.69) is 55.7 Å². The quantitative estimate of drug-likeness (QED) is 0.723. The van der Waals surface area contributed by atoms with Crippen LogP contribution in [0.2, 0.25) is 0 Å². The van der Waals surface area contributed by atoms with Gasteiger partial charge in [-0.3, -0.25) is 4.90 Å². The second kappa shape index (κ2) is 4.98. The fourth-order valence-corrected chi connectivity index (χ4v) is 3.00. The van der Waals surface area contributed by atoms with E-state index in [-0.39, 0.29) is 6.04 Å². The molecule has 1 aromatic heterocycles. The van der Waals surface area contributed by atoms with Gasteiger partial charge in [0.2, 0.25) is 5.95 Å². The van der Waals surface area contributed by atoms with E-state index in [1.54, 1.807) is 6.34 Å². The summed E-state index contributed by atoms with van der Waals surface area (Å²) in [5.74, 6) is 1.32. The van der Waals surface area contributed by atoms with Gasteiger partial charge in [-0.1, -0.05) is 0 Å². The largest absolute Gasteiger partial charge is 0.294 e. The fourth-order valence-electron chi connectivity index (χ4n) is 2.06. The molecule has 0 N–H and O–H groups in total. The number of halogens is 2. The van der Waals surface area contributed by atoms with E-state index in [1.807, 2.05) is 11.1 Å². The van der Waals surface area contributed by atoms with Crippen LogP contribution in [0, 0.1) is 0 Å². The summed E-state index contributed by atoms with van der Waals surface area (Å²) < 4.78 is 1.91. The lowest BCUT2D eigenvalue weighted by molar-refractivity contribution is 0.786. The van der Waals surface area contributed by atoms with Gasteiger partial charge in [-0.05, 0) is 64.1 Å². The topological polar surface area (TPSA) is 41.4 Å². The Balaban J connectivity index is 1.95. The maximum Gasteiger partial charge on any atom is 0.231 e. The summed E-state index contributed by atoms with van der Waals surface area (Å²) >= 11 is 7.00. The summed E-state index contributed by atoms with van der Waals surface area (Å²) in [5, 5.41) is 0.